The fraction of sp³-hybridized carbons (Fsp3) is 0.467. The van der Waals surface area contributed by atoms with E-state index in [4.69, 9.17) is 5.73 Å². The Balaban J connectivity index is 2.71. The molecule has 0 saturated heterocycles. The second kappa shape index (κ2) is 6.37. The summed E-state index contributed by atoms with van der Waals surface area (Å²) in [7, 11) is 0. The van der Waals surface area contributed by atoms with Gasteiger partial charge in [0.05, 0.1) is 5.56 Å². The maximum Gasteiger partial charge on any atom is 0.416 e. The molecule has 0 bridgehead atoms. The van der Waals surface area contributed by atoms with Crippen LogP contribution in [-0.2, 0) is 15.8 Å². The van der Waals surface area contributed by atoms with Crippen LogP contribution in [0.15, 0.2) is 24.3 Å². The Morgan fingerprint density at radius 1 is 1.18 bits per heavy atom. The zero-order valence-corrected chi connectivity index (χ0v) is 12.6. The number of benzene rings is 1. The molecular formula is C15H19F3N2O2. The minimum absolute atomic E-state index is 0.0437. The fourth-order valence-electron chi connectivity index (χ4n) is 1.86. The molecule has 0 heterocycles. The number of alkyl halides is 3. The molecule has 1 aromatic carbocycles. The Labute approximate surface area is 126 Å². The van der Waals surface area contributed by atoms with Crippen molar-refractivity contribution in [2.24, 2.45) is 5.73 Å². The summed E-state index contributed by atoms with van der Waals surface area (Å²) in [6, 6.07) is 4.66. The first-order valence-corrected chi connectivity index (χ1v) is 6.71. The summed E-state index contributed by atoms with van der Waals surface area (Å²) < 4.78 is 37.5. The fourth-order valence-corrected chi connectivity index (χ4v) is 1.86. The van der Waals surface area contributed by atoms with Crippen molar-refractivity contribution >= 4 is 11.8 Å². The summed E-state index contributed by atoms with van der Waals surface area (Å²) in [6.45, 7) is 4.69. The third-order valence-corrected chi connectivity index (χ3v) is 3.37. The number of hydrogen-bond donors (Lipinski definition) is 2. The summed E-state index contributed by atoms with van der Waals surface area (Å²) in [6.07, 6.45) is -4.34. The lowest BCUT2D eigenvalue weighted by Crippen LogP contribution is -2.53. The van der Waals surface area contributed by atoms with Crippen molar-refractivity contribution in [1.29, 1.82) is 0 Å². The predicted molar refractivity (Wildman–Crippen MR) is 75.9 cm³/mol. The molecule has 0 spiro atoms. The third-order valence-electron chi connectivity index (χ3n) is 3.37. The lowest BCUT2D eigenvalue weighted by atomic mass is 9.95. The maximum absolute atomic E-state index is 12.5. The highest BCUT2D eigenvalue weighted by Crippen LogP contribution is 2.30. The van der Waals surface area contributed by atoms with Crippen LogP contribution in [-0.4, -0.2) is 17.4 Å². The normalized spacial score (nSPS) is 13.5. The third kappa shape index (κ3) is 4.75. The average Bonchev–Trinajstić information content (AvgIpc) is 2.36. The van der Waals surface area contributed by atoms with Crippen molar-refractivity contribution in [3.63, 3.8) is 0 Å². The highest BCUT2D eigenvalue weighted by atomic mass is 19.4. The van der Waals surface area contributed by atoms with E-state index >= 15 is 0 Å². The number of halogens is 3. The molecule has 1 aromatic rings. The van der Waals surface area contributed by atoms with Gasteiger partial charge in [-0.2, -0.15) is 13.2 Å². The molecule has 0 fully saturated rings. The Morgan fingerprint density at radius 2 is 1.68 bits per heavy atom. The molecule has 1 unspecified atom stereocenters. The van der Waals surface area contributed by atoms with Gasteiger partial charge in [0.1, 0.15) is 5.54 Å². The van der Waals surface area contributed by atoms with E-state index in [0.717, 1.165) is 12.1 Å². The van der Waals surface area contributed by atoms with E-state index in [-0.39, 0.29) is 12.3 Å². The van der Waals surface area contributed by atoms with Gasteiger partial charge in [0.25, 0.3) is 0 Å². The van der Waals surface area contributed by atoms with Crippen LogP contribution in [0.4, 0.5) is 13.2 Å². The van der Waals surface area contributed by atoms with Crippen LogP contribution in [0.1, 0.15) is 44.2 Å². The molecule has 4 nitrogen and oxygen atoms in total. The Bertz CT molecular complexity index is 551. The van der Waals surface area contributed by atoms with E-state index < -0.39 is 29.1 Å². The van der Waals surface area contributed by atoms with Gasteiger partial charge >= 0.3 is 6.18 Å². The van der Waals surface area contributed by atoms with Gasteiger partial charge in [-0.05, 0) is 37.5 Å². The van der Waals surface area contributed by atoms with Gasteiger partial charge in [-0.3, -0.25) is 9.59 Å². The first-order chi connectivity index (χ1) is 9.93. The predicted octanol–water partition coefficient (Wildman–Crippen LogP) is 2.58. The molecule has 0 radical (unpaired) electrons. The van der Waals surface area contributed by atoms with Crippen molar-refractivity contribution in [1.82, 2.24) is 5.32 Å². The summed E-state index contributed by atoms with van der Waals surface area (Å²) in [5, 5.41) is 2.50. The van der Waals surface area contributed by atoms with Gasteiger partial charge in [-0.15, -0.1) is 0 Å². The number of rotatable bonds is 5. The smallest absolute Gasteiger partial charge is 0.368 e. The van der Waals surface area contributed by atoms with Crippen LogP contribution in [0.2, 0.25) is 0 Å². The van der Waals surface area contributed by atoms with Crippen molar-refractivity contribution in [3.05, 3.63) is 35.4 Å². The van der Waals surface area contributed by atoms with Crippen molar-refractivity contribution in [3.8, 4) is 0 Å². The molecule has 22 heavy (non-hydrogen) atoms. The molecule has 0 aliphatic carbocycles. The van der Waals surface area contributed by atoms with E-state index in [1.165, 1.54) is 26.0 Å². The van der Waals surface area contributed by atoms with Gasteiger partial charge in [-0.25, -0.2) is 0 Å². The Kier molecular flexibility index (Phi) is 5.22. The highest BCUT2D eigenvalue weighted by molar-refractivity contribution is 5.89. The lowest BCUT2D eigenvalue weighted by molar-refractivity contribution is -0.137. The van der Waals surface area contributed by atoms with Gasteiger partial charge in [0.2, 0.25) is 11.8 Å². The molecule has 1 rings (SSSR count). The number of nitrogens with two attached hydrogens (primary N) is 1. The standard InChI is InChI=1S/C15H19F3N2O2/c1-9(8-12(21)20-14(2,3)13(19)22)10-4-6-11(7-5-10)15(16,17)18/h4-7,9H,8H2,1-3H3,(H2,19,22)(H,20,21). The van der Waals surface area contributed by atoms with Crippen LogP contribution >= 0.6 is 0 Å². The van der Waals surface area contributed by atoms with Gasteiger partial charge in [0, 0.05) is 6.42 Å². The number of carbonyl (C=O) groups excluding carboxylic acids is 2. The molecule has 7 heteroatoms. The number of nitrogens with one attached hydrogen (secondary N) is 1. The van der Waals surface area contributed by atoms with Crippen molar-refractivity contribution in [2.45, 2.75) is 44.8 Å². The van der Waals surface area contributed by atoms with Crippen molar-refractivity contribution in [2.75, 3.05) is 0 Å². The maximum atomic E-state index is 12.5. The van der Waals surface area contributed by atoms with Gasteiger partial charge in [0.15, 0.2) is 0 Å². The highest BCUT2D eigenvalue weighted by Gasteiger charge is 2.30. The van der Waals surface area contributed by atoms with Crippen LogP contribution in [0.3, 0.4) is 0 Å². The van der Waals surface area contributed by atoms with Crippen molar-refractivity contribution < 1.29 is 22.8 Å². The number of carbonyl (C=O) groups is 2. The van der Waals surface area contributed by atoms with Crippen LogP contribution in [0, 0.1) is 0 Å². The number of hydrogen-bond acceptors (Lipinski definition) is 2. The Morgan fingerprint density at radius 3 is 2.09 bits per heavy atom. The van der Waals surface area contributed by atoms with Crippen LogP contribution in [0.5, 0.6) is 0 Å². The quantitative estimate of drug-likeness (QED) is 0.876. The van der Waals surface area contributed by atoms with E-state index in [0.29, 0.717) is 5.56 Å². The summed E-state index contributed by atoms with van der Waals surface area (Å²) >= 11 is 0. The topological polar surface area (TPSA) is 72.2 Å². The lowest BCUT2D eigenvalue weighted by Gasteiger charge is -2.23. The first-order valence-electron chi connectivity index (χ1n) is 6.71. The molecule has 0 saturated carbocycles. The van der Waals surface area contributed by atoms with E-state index in [2.05, 4.69) is 5.32 Å². The monoisotopic (exact) mass is 316 g/mol. The zero-order valence-electron chi connectivity index (χ0n) is 12.6. The largest absolute Gasteiger partial charge is 0.416 e. The first kappa shape index (κ1) is 18.0. The van der Waals surface area contributed by atoms with E-state index in [9.17, 15) is 22.8 Å². The molecule has 0 aliphatic heterocycles. The van der Waals surface area contributed by atoms with Crippen LogP contribution < -0.4 is 11.1 Å². The zero-order chi connectivity index (χ0) is 17.1. The van der Waals surface area contributed by atoms with Gasteiger partial charge in [-0.1, -0.05) is 19.1 Å². The van der Waals surface area contributed by atoms with Gasteiger partial charge < -0.3 is 11.1 Å². The number of primary amides is 1. The molecule has 2 amide bonds. The summed E-state index contributed by atoms with van der Waals surface area (Å²) in [5.74, 6) is -1.34. The van der Waals surface area contributed by atoms with E-state index in [1.807, 2.05) is 0 Å². The summed E-state index contributed by atoms with van der Waals surface area (Å²) in [4.78, 5) is 23.0. The Hall–Kier alpha value is -2.05. The van der Waals surface area contributed by atoms with E-state index in [1.54, 1.807) is 6.92 Å². The molecule has 1 atom stereocenters. The minimum atomic E-state index is -4.38. The minimum Gasteiger partial charge on any atom is -0.368 e. The SMILES string of the molecule is CC(CC(=O)NC(C)(C)C(N)=O)c1ccc(C(F)(F)F)cc1. The number of amides is 2. The summed E-state index contributed by atoms with van der Waals surface area (Å²) in [5.41, 5.74) is 3.87. The molecule has 3 N–H and O–H groups in total. The van der Waals surface area contributed by atoms with Crippen LogP contribution in [0.25, 0.3) is 0 Å². The molecule has 0 aliphatic rings. The second-order valence-corrected chi connectivity index (χ2v) is 5.76. The molecule has 122 valence electrons. The second-order valence-electron chi connectivity index (χ2n) is 5.76. The molecular weight excluding hydrogens is 297 g/mol. The molecule has 0 aromatic heterocycles. The average molecular weight is 316 g/mol.